The van der Waals surface area contributed by atoms with Crippen LogP contribution in [0, 0.1) is 0 Å². The minimum Gasteiger partial charge on any atom is -0.397 e. The van der Waals surface area contributed by atoms with Gasteiger partial charge in [0, 0.05) is 29.9 Å². The first-order valence-electron chi connectivity index (χ1n) is 7.84. The van der Waals surface area contributed by atoms with Crippen molar-refractivity contribution in [1.29, 1.82) is 0 Å². The fourth-order valence-electron chi connectivity index (χ4n) is 3.23. The Kier molecular flexibility index (Phi) is 3.31. The first-order chi connectivity index (χ1) is 10.8. The SMILES string of the molecule is Nc1c[nH]c2ncc(-c3cccc(CN4CCCC4)c3)cc12. The Hall–Kier alpha value is -2.33. The standard InChI is InChI=1S/C18H20N4/c19-17-11-21-18-16(17)9-15(10-20-18)14-5-3-4-13(8-14)12-22-6-1-2-7-22/h3-5,8-11H,1-2,6-7,12,19H2,(H,20,21). The molecule has 0 bridgehead atoms. The van der Waals surface area contributed by atoms with Gasteiger partial charge >= 0.3 is 0 Å². The molecule has 22 heavy (non-hydrogen) atoms. The van der Waals surface area contributed by atoms with Crippen molar-refractivity contribution < 1.29 is 0 Å². The van der Waals surface area contributed by atoms with E-state index in [2.05, 4.69) is 45.2 Å². The molecule has 0 atom stereocenters. The molecule has 3 heterocycles. The minimum atomic E-state index is 0.748. The summed E-state index contributed by atoms with van der Waals surface area (Å²) < 4.78 is 0. The number of pyridine rings is 1. The first kappa shape index (κ1) is 13.3. The Balaban J connectivity index is 1.66. The normalized spacial score (nSPS) is 15.6. The van der Waals surface area contributed by atoms with Crippen molar-refractivity contribution in [3.63, 3.8) is 0 Å². The third-order valence-electron chi connectivity index (χ3n) is 4.43. The predicted octanol–water partition coefficient (Wildman–Crippen LogP) is 3.41. The highest BCUT2D eigenvalue weighted by atomic mass is 15.1. The molecule has 0 saturated carbocycles. The van der Waals surface area contributed by atoms with Crippen LogP contribution >= 0.6 is 0 Å². The lowest BCUT2D eigenvalue weighted by Crippen LogP contribution is -2.18. The monoisotopic (exact) mass is 292 g/mol. The van der Waals surface area contributed by atoms with E-state index in [0.717, 1.165) is 28.8 Å². The summed E-state index contributed by atoms with van der Waals surface area (Å²) in [7, 11) is 0. The molecule has 3 N–H and O–H groups in total. The molecule has 4 heteroatoms. The molecule has 1 fully saturated rings. The molecule has 0 radical (unpaired) electrons. The first-order valence-corrected chi connectivity index (χ1v) is 7.84. The van der Waals surface area contributed by atoms with E-state index >= 15 is 0 Å². The third kappa shape index (κ3) is 2.46. The molecule has 1 aliphatic heterocycles. The highest BCUT2D eigenvalue weighted by Gasteiger charge is 2.12. The van der Waals surface area contributed by atoms with Crippen LogP contribution in [0.25, 0.3) is 22.2 Å². The summed E-state index contributed by atoms with van der Waals surface area (Å²) in [5.41, 5.74) is 11.3. The maximum Gasteiger partial charge on any atom is 0.139 e. The van der Waals surface area contributed by atoms with E-state index in [1.807, 2.05) is 6.20 Å². The van der Waals surface area contributed by atoms with Crippen LogP contribution < -0.4 is 5.73 Å². The van der Waals surface area contributed by atoms with Crippen LogP contribution in [0.3, 0.4) is 0 Å². The summed E-state index contributed by atoms with van der Waals surface area (Å²) in [6, 6.07) is 10.9. The van der Waals surface area contributed by atoms with Crippen LogP contribution in [0.15, 0.2) is 42.7 Å². The molecule has 4 rings (SSSR count). The highest BCUT2D eigenvalue weighted by Crippen LogP contribution is 2.26. The van der Waals surface area contributed by atoms with Crippen LogP contribution in [0.2, 0.25) is 0 Å². The van der Waals surface area contributed by atoms with E-state index in [1.54, 1.807) is 6.20 Å². The Bertz CT molecular complexity index is 800. The summed E-state index contributed by atoms with van der Waals surface area (Å²) in [6.07, 6.45) is 6.36. The van der Waals surface area contributed by atoms with Crippen LogP contribution in [0.1, 0.15) is 18.4 Å². The maximum absolute atomic E-state index is 5.98. The number of nitrogens with one attached hydrogen (secondary N) is 1. The van der Waals surface area contributed by atoms with Crippen molar-refractivity contribution in [2.45, 2.75) is 19.4 Å². The molecule has 112 valence electrons. The number of nitrogens with two attached hydrogens (primary N) is 1. The summed E-state index contributed by atoms with van der Waals surface area (Å²) in [5, 5.41) is 0.988. The number of nitrogen functional groups attached to an aromatic ring is 1. The summed E-state index contributed by atoms with van der Waals surface area (Å²) in [6.45, 7) is 3.48. The van der Waals surface area contributed by atoms with Crippen molar-refractivity contribution in [3.8, 4) is 11.1 Å². The molecule has 0 amide bonds. The number of anilines is 1. The third-order valence-corrected chi connectivity index (χ3v) is 4.43. The molecule has 1 saturated heterocycles. The zero-order valence-electron chi connectivity index (χ0n) is 12.5. The number of hydrogen-bond donors (Lipinski definition) is 2. The van der Waals surface area contributed by atoms with Crippen molar-refractivity contribution in [2.75, 3.05) is 18.8 Å². The number of aromatic nitrogens is 2. The number of fused-ring (bicyclic) bond motifs is 1. The van der Waals surface area contributed by atoms with Crippen LogP contribution in [-0.4, -0.2) is 28.0 Å². The fourth-order valence-corrected chi connectivity index (χ4v) is 3.23. The van der Waals surface area contributed by atoms with E-state index in [1.165, 1.54) is 37.1 Å². The number of likely N-dealkylation sites (tertiary alicyclic amines) is 1. The van der Waals surface area contributed by atoms with E-state index in [4.69, 9.17) is 5.73 Å². The topological polar surface area (TPSA) is 57.9 Å². The maximum atomic E-state index is 5.98. The smallest absolute Gasteiger partial charge is 0.139 e. The van der Waals surface area contributed by atoms with Crippen molar-refractivity contribution in [3.05, 3.63) is 48.3 Å². The summed E-state index contributed by atoms with van der Waals surface area (Å²) in [4.78, 5) is 10.1. The van der Waals surface area contributed by atoms with Crippen LogP contribution in [-0.2, 0) is 6.54 Å². The molecule has 0 aliphatic carbocycles. The largest absolute Gasteiger partial charge is 0.397 e. The molecule has 1 aliphatic rings. The lowest BCUT2D eigenvalue weighted by molar-refractivity contribution is 0.331. The van der Waals surface area contributed by atoms with Gasteiger partial charge in [0.1, 0.15) is 5.65 Å². The van der Waals surface area contributed by atoms with Crippen LogP contribution in [0.5, 0.6) is 0 Å². The highest BCUT2D eigenvalue weighted by molar-refractivity contribution is 5.91. The van der Waals surface area contributed by atoms with Crippen molar-refractivity contribution in [2.24, 2.45) is 0 Å². The fraction of sp³-hybridized carbons (Fsp3) is 0.278. The quantitative estimate of drug-likeness (QED) is 0.778. The van der Waals surface area contributed by atoms with Crippen LogP contribution in [0.4, 0.5) is 5.69 Å². The lowest BCUT2D eigenvalue weighted by atomic mass is 10.0. The number of H-pyrrole nitrogens is 1. The summed E-state index contributed by atoms with van der Waals surface area (Å²) >= 11 is 0. The molecular formula is C18H20N4. The molecule has 3 aromatic rings. The van der Waals surface area contributed by atoms with Crippen molar-refractivity contribution >= 4 is 16.7 Å². The van der Waals surface area contributed by atoms with E-state index < -0.39 is 0 Å². The second-order valence-corrected chi connectivity index (χ2v) is 6.05. The van der Waals surface area contributed by atoms with Gasteiger partial charge in [-0.3, -0.25) is 4.90 Å². The molecule has 1 aromatic carbocycles. The Labute approximate surface area is 130 Å². The number of nitrogens with zero attached hydrogens (tertiary/aromatic N) is 2. The van der Waals surface area contributed by atoms with Crippen molar-refractivity contribution in [1.82, 2.24) is 14.9 Å². The van der Waals surface area contributed by atoms with Gasteiger partial charge in [0.05, 0.1) is 5.69 Å². The van der Waals surface area contributed by atoms with Gasteiger partial charge in [-0.25, -0.2) is 4.98 Å². The van der Waals surface area contributed by atoms with E-state index in [0.29, 0.717) is 0 Å². The molecular weight excluding hydrogens is 272 g/mol. The number of rotatable bonds is 3. The van der Waals surface area contributed by atoms with Gasteiger partial charge in [0.15, 0.2) is 0 Å². The average Bonchev–Trinajstić information content (AvgIpc) is 3.18. The molecule has 2 aromatic heterocycles. The molecule has 0 spiro atoms. The van der Waals surface area contributed by atoms with E-state index in [9.17, 15) is 0 Å². The van der Waals surface area contributed by atoms with Gasteiger partial charge in [0.2, 0.25) is 0 Å². The Morgan fingerprint density at radius 2 is 2.00 bits per heavy atom. The number of hydrogen-bond acceptors (Lipinski definition) is 3. The Morgan fingerprint density at radius 1 is 1.14 bits per heavy atom. The molecule has 0 unspecified atom stereocenters. The van der Waals surface area contributed by atoms with Gasteiger partial charge < -0.3 is 10.7 Å². The second kappa shape index (κ2) is 5.46. The van der Waals surface area contributed by atoms with Gasteiger partial charge in [-0.15, -0.1) is 0 Å². The molecule has 4 nitrogen and oxygen atoms in total. The average molecular weight is 292 g/mol. The zero-order valence-corrected chi connectivity index (χ0v) is 12.5. The Morgan fingerprint density at radius 3 is 2.86 bits per heavy atom. The second-order valence-electron chi connectivity index (χ2n) is 6.05. The van der Waals surface area contributed by atoms with Gasteiger partial charge in [-0.2, -0.15) is 0 Å². The number of aromatic amines is 1. The number of benzene rings is 1. The van der Waals surface area contributed by atoms with Gasteiger partial charge in [0.25, 0.3) is 0 Å². The zero-order chi connectivity index (χ0) is 14.9. The lowest BCUT2D eigenvalue weighted by Gasteiger charge is -2.15. The summed E-state index contributed by atoms with van der Waals surface area (Å²) in [5.74, 6) is 0. The van der Waals surface area contributed by atoms with Gasteiger partial charge in [-0.05, 0) is 49.2 Å². The minimum absolute atomic E-state index is 0.748. The predicted molar refractivity (Wildman–Crippen MR) is 90.5 cm³/mol. The van der Waals surface area contributed by atoms with E-state index in [-0.39, 0.29) is 0 Å². The van der Waals surface area contributed by atoms with Gasteiger partial charge in [-0.1, -0.05) is 18.2 Å².